The van der Waals surface area contributed by atoms with E-state index >= 15 is 0 Å². The average molecular weight is 641 g/mol. The Morgan fingerprint density at radius 1 is 0.826 bits per heavy atom. The lowest BCUT2D eigenvalue weighted by Crippen LogP contribution is -2.69. The summed E-state index contributed by atoms with van der Waals surface area (Å²) in [7, 11) is 0. The second-order valence-electron chi connectivity index (χ2n) is 18.8. The summed E-state index contributed by atoms with van der Waals surface area (Å²) in [6, 6.07) is 0. The first-order valence-electron chi connectivity index (χ1n) is 19.9. The van der Waals surface area contributed by atoms with Crippen LogP contribution in [0.15, 0.2) is 11.6 Å². The molecular weight excluding hydrogens is 568 g/mol. The van der Waals surface area contributed by atoms with Crippen molar-refractivity contribution in [2.45, 2.75) is 183 Å². The van der Waals surface area contributed by atoms with Gasteiger partial charge in [-0.15, -0.1) is 0 Å². The summed E-state index contributed by atoms with van der Waals surface area (Å²) in [5.41, 5.74) is 1.50. The molecule has 0 radical (unpaired) electrons. The number of carbonyl (C=O) groups excluding carboxylic acids is 1. The lowest BCUT2D eigenvalue weighted by Gasteiger charge is -2.74. The Labute approximate surface area is 283 Å². The van der Waals surface area contributed by atoms with Gasteiger partial charge in [0.05, 0.1) is 12.7 Å². The first-order chi connectivity index (χ1) is 21.7. The molecule has 5 aliphatic rings. The number of unbranched alkanes of at least 4 members (excludes halogenated alkanes) is 8. The predicted molar refractivity (Wildman–Crippen MR) is 189 cm³/mol. The van der Waals surface area contributed by atoms with Crippen molar-refractivity contribution in [2.75, 3.05) is 6.61 Å². The van der Waals surface area contributed by atoms with Crippen molar-refractivity contribution in [1.29, 1.82) is 0 Å². The van der Waals surface area contributed by atoms with Gasteiger partial charge in [-0.3, -0.25) is 4.79 Å². The maximum atomic E-state index is 13.1. The molecule has 264 valence electrons. The van der Waals surface area contributed by atoms with E-state index in [9.17, 15) is 15.0 Å². The van der Waals surface area contributed by atoms with Crippen LogP contribution in [0.1, 0.15) is 171 Å². The Balaban J connectivity index is 1.24. The van der Waals surface area contributed by atoms with Crippen LogP contribution in [0.5, 0.6) is 0 Å². The van der Waals surface area contributed by atoms with Gasteiger partial charge < -0.3 is 14.9 Å². The summed E-state index contributed by atoms with van der Waals surface area (Å²) in [5.74, 6) is 2.47. The van der Waals surface area contributed by atoms with Gasteiger partial charge in [-0.1, -0.05) is 113 Å². The van der Waals surface area contributed by atoms with Crippen LogP contribution in [0.25, 0.3) is 0 Å². The van der Waals surface area contributed by atoms with E-state index in [4.69, 9.17) is 4.74 Å². The highest BCUT2D eigenvalue weighted by atomic mass is 16.5. The number of aliphatic hydroxyl groups excluding tert-OH is 2. The van der Waals surface area contributed by atoms with Crippen LogP contribution in [0, 0.1) is 56.7 Å². The highest BCUT2D eigenvalue weighted by Gasteiger charge is 2.71. The zero-order chi connectivity index (χ0) is 33.5. The van der Waals surface area contributed by atoms with Gasteiger partial charge in [0.25, 0.3) is 0 Å². The molecule has 0 aromatic heterocycles. The molecule has 11 atom stereocenters. The Bertz CT molecular complexity index is 1100. The average Bonchev–Trinajstić information content (AvgIpc) is 2.99. The number of carbonyl (C=O) groups is 1. The Morgan fingerprint density at radius 3 is 2.13 bits per heavy atom. The molecule has 46 heavy (non-hydrogen) atoms. The molecule has 4 fully saturated rings. The molecule has 0 spiro atoms. The number of esters is 1. The summed E-state index contributed by atoms with van der Waals surface area (Å²) in [6.45, 7) is 19.7. The monoisotopic (exact) mass is 641 g/mol. The number of fused-ring (bicyclic) bond motifs is 7. The third kappa shape index (κ3) is 5.98. The fraction of sp³-hybridized carbons (Fsp3) is 0.929. The minimum Gasteiger partial charge on any atom is -0.462 e. The summed E-state index contributed by atoms with van der Waals surface area (Å²) >= 11 is 0. The van der Waals surface area contributed by atoms with Crippen molar-refractivity contribution in [3.05, 3.63) is 11.6 Å². The lowest BCUT2D eigenvalue weighted by molar-refractivity contribution is -0.268. The molecule has 5 aliphatic carbocycles. The van der Waals surface area contributed by atoms with Gasteiger partial charge in [0.2, 0.25) is 0 Å². The number of ether oxygens (including phenoxy) is 1. The molecule has 0 saturated heterocycles. The van der Waals surface area contributed by atoms with Crippen molar-refractivity contribution in [2.24, 2.45) is 56.7 Å². The van der Waals surface area contributed by atoms with E-state index in [0.29, 0.717) is 36.0 Å². The van der Waals surface area contributed by atoms with E-state index in [1.807, 2.05) is 0 Å². The SMILES string of the molecule is CCCCCCCCCCCC(=O)O[C@H]1CC[C@]2(C)[C@H]3CC[C@@H]4[C@H]5[C@H](C)C(CO)=CC[C@]5(C)[C@@H](O)C[C@@]4(C)[C@]3(C)CC[C@H]2C1(C)C. The topological polar surface area (TPSA) is 66.8 Å². The molecule has 0 unspecified atom stereocenters. The van der Waals surface area contributed by atoms with E-state index in [-0.39, 0.29) is 51.9 Å². The van der Waals surface area contributed by atoms with Crippen molar-refractivity contribution < 1.29 is 19.7 Å². The van der Waals surface area contributed by atoms with E-state index in [1.54, 1.807) is 0 Å². The van der Waals surface area contributed by atoms with Gasteiger partial charge in [0.15, 0.2) is 0 Å². The minimum absolute atomic E-state index is 0.0110. The molecule has 0 aromatic carbocycles. The van der Waals surface area contributed by atoms with Crippen LogP contribution in [0.4, 0.5) is 0 Å². The third-order valence-electron chi connectivity index (χ3n) is 16.3. The van der Waals surface area contributed by atoms with Gasteiger partial charge in [-0.25, -0.2) is 0 Å². The molecule has 4 nitrogen and oxygen atoms in total. The second kappa shape index (κ2) is 13.8. The summed E-state index contributed by atoms with van der Waals surface area (Å²) in [6.07, 6.45) is 22.6. The minimum atomic E-state index is -0.309. The van der Waals surface area contributed by atoms with Crippen molar-refractivity contribution in [3.63, 3.8) is 0 Å². The molecule has 0 bridgehead atoms. The summed E-state index contributed by atoms with van der Waals surface area (Å²) in [4.78, 5) is 13.1. The molecule has 5 rings (SSSR count). The molecule has 2 N–H and O–H groups in total. The van der Waals surface area contributed by atoms with Gasteiger partial charge in [0, 0.05) is 17.3 Å². The van der Waals surface area contributed by atoms with Gasteiger partial charge in [-0.2, -0.15) is 0 Å². The van der Waals surface area contributed by atoms with Crippen LogP contribution in [0.2, 0.25) is 0 Å². The summed E-state index contributed by atoms with van der Waals surface area (Å²) < 4.78 is 6.36. The largest absolute Gasteiger partial charge is 0.462 e. The molecule has 0 aromatic rings. The van der Waals surface area contributed by atoms with Gasteiger partial charge in [0.1, 0.15) is 6.10 Å². The first-order valence-corrected chi connectivity index (χ1v) is 19.9. The Hall–Kier alpha value is -0.870. The maximum absolute atomic E-state index is 13.1. The Morgan fingerprint density at radius 2 is 1.48 bits per heavy atom. The van der Waals surface area contributed by atoms with E-state index in [1.165, 1.54) is 76.2 Å². The van der Waals surface area contributed by atoms with Crippen LogP contribution < -0.4 is 0 Å². The zero-order valence-electron chi connectivity index (χ0n) is 31.3. The highest BCUT2D eigenvalue weighted by molar-refractivity contribution is 5.69. The van der Waals surface area contributed by atoms with Crippen molar-refractivity contribution in [3.8, 4) is 0 Å². The van der Waals surface area contributed by atoms with Crippen molar-refractivity contribution >= 4 is 5.97 Å². The molecular formula is C42H72O4. The normalized spacial score (nSPS) is 44.7. The lowest BCUT2D eigenvalue weighted by atomic mass is 9.31. The maximum Gasteiger partial charge on any atom is 0.306 e. The smallest absolute Gasteiger partial charge is 0.306 e. The zero-order valence-corrected chi connectivity index (χ0v) is 31.3. The molecule has 0 aliphatic heterocycles. The van der Waals surface area contributed by atoms with E-state index in [0.717, 1.165) is 38.5 Å². The number of aliphatic hydroxyl groups is 2. The standard InChI is InChI=1S/C42H72O4/c1-9-10-11-12-13-14-15-16-17-18-36(45)46-35-23-25-39(5)32(38(35,3)4)22-26-41(7)33(39)20-19-31-37-29(2)30(28-43)21-24-40(37,6)34(44)27-42(31,41)8/h21,29,31-35,37,43-44H,9-20,22-28H2,1-8H3/t29-,31-,32+,33-,34+,35+,37-,39+,40-,41-,42-/m1/s1. The Kier molecular flexibility index (Phi) is 10.9. The molecule has 0 amide bonds. The second-order valence-corrected chi connectivity index (χ2v) is 18.8. The molecule has 4 saturated carbocycles. The molecule has 4 heteroatoms. The first kappa shape index (κ1) is 36.4. The third-order valence-corrected chi connectivity index (χ3v) is 16.3. The summed E-state index contributed by atoms with van der Waals surface area (Å²) in [5, 5.41) is 22.2. The number of hydrogen-bond acceptors (Lipinski definition) is 4. The van der Waals surface area contributed by atoms with E-state index in [2.05, 4.69) is 61.5 Å². The molecule has 0 heterocycles. The highest BCUT2D eigenvalue weighted by Crippen LogP contribution is 2.76. The van der Waals surface area contributed by atoms with Crippen LogP contribution in [-0.2, 0) is 9.53 Å². The predicted octanol–water partition coefficient (Wildman–Crippen LogP) is 10.4. The van der Waals surface area contributed by atoms with E-state index < -0.39 is 0 Å². The van der Waals surface area contributed by atoms with Crippen LogP contribution in [-0.4, -0.2) is 35.0 Å². The fourth-order valence-corrected chi connectivity index (χ4v) is 13.4. The van der Waals surface area contributed by atoms with Gasteiger partial charge >= 0.3 is 5.97 Å². The fourth-order valence-electron chi connectivity index (χ4n) is 13.4. The van der Waals surface area contributed by atoms with Crippen LogP contribution >= 0.6 is 0 Å². The van der Waals surface area contributed by atoms with Crippen molar-refractivity contribution in [1.82, 2.24) is 0 Å². The number of rotatable bonds is 12. The number of allylic oxidation sites excluding steroid dienone is 1. The quantitative estimate of drug-likeness (QED) is 0.127. The van der Waals surface area contributed by atoms with Crippen LogP contribution in [0.3, 0.4) is 0 Å². The number of hydrogen-bond donors (Lipinski definition) is 2. The van der Waals surface area contributed by atoms with Gasteiger partial charge in [-0.05, 0) is 109 Å².